The summed E-state index contributed by atoms with van der Waals surface area (Å²) >= 11 is 0. The van der Waals surface area contributed by atoms with Crippen molar-refractivity contribution in [2.45, 2.75) is 12.2 Å². The number of rotatable bonds is 9. The van der Waals surface area contributed by atoms with Gasteiger partial charge in [0.2, 0.25) is 12.2 Å². The summed E-state index contributed by atoms with van der Waals surface area (Å²) in [5.41, 5.74) is 2.18. The minimum atomic E-state index is -2.21. The molecule has 0 amide bonds. The molecule has 0 radical (unpaired) electrons. The quantitative estimate of drug-likeness (QED) is 0.322. The molecular weight excluding hydrogens is 549 g/mol. The summed E-state index contributed by atoms with van der Waals surface area (Å²) in [7, 11) is 2.03. The van der Waals surface area contributed by atoms with Gasteiger partial charge in [0.25, 0.3) is 0 Å². The lowest BCUT2D eigenvalue weighted by Crippen LogP contribution is -2.45. The van der Waals surface area contributed by atoms with Crippen LogP contribution in [0.4, 0.5) is 4.39 Å². The number of ether oxygens (including phenoxy) is 2. The van der Waals surface area contributed by atoms with E-state index in [0.717, 1.165) is 24.2 Å². The molecule has 0 fully saturated rings. The van der Waals surface area contributed by atoms with E-state index in [-0.39, 0.29) is 29.5 Å². The van der Waals surface area contributed by atoms with Gasteiger partial charge in [0.1, 0.15) is 5.82 Å². The monoisotopic (exact) mass is 579 g/mol. The SMILES string of the molecule is CN1CC=C(c2ccc(F)cc2)C(CO)C1.O=C(OC(C(=O)O)C(OC(=O)c1ccccc1)C(=O)O)c1ccccc1. The zero-order chi connectivity index (χ0) is 30.6. The largest absolute Gasteiger partial charge is 0.478 e. The van der Waals surface area contributed by atoms with Crippen molar-refractivity contribution in [1.29, 1.82) is 0 Å². The molecule has 10 nitrogen and oxygen atoms in total. The van der Waals surface area contributed by atoms with E-state index in [1.807, 2.05) is 7.05 Å². The molecule has 4 rings (SSSR count). The molecule has 11 heteroatoms. The summed E-state index contributed by atoms with van der Waals surface area (Å²) in [5, 5.41) is 27.8. The van der Waals surface area contributed by atoms with Gasteiger partial charge >= 0.3 is 23.9 Å². The van der Waals surface area contributed by atoms with Crippen LogP contribution in [0, 0.1) is 11.7 Å². The molecule has 0 bridgehead atoms. The first-order valence-corrected chi connectivity index (χ1v) is 12.8. The maximum absolute atomic E-state index is 12.8. The van der Waals surface area contributed by atoms with E-state index < -0.39 is 36.1 Å². The number of carbonyl (C=O) groups excluding carboxylic acids is 2. The Morgan fingerprint density at radius 3 is 1.67 bits per heavy atom. The van der Waals surface area contributed by atoms with Gasteiger partial charge in [-0.2, -0.15) is 0 Å². The van der Waals surface area contributed by atoms with Crippen molar-refractivity contribution in [2.75, 3.05) is 26.7 Å². The Bertz CT molecular complexity index is 1330. The van der Waals surface area contributed by atoms with Gasteiger partial charge in [0.05, 0.1) is 17.7 Å². The van der Waals surface area contributed by atoms with E-state index >= 15 is 0 Å². The number of hydrogen-bond acceptors (Lipinski definition) is 8. The first-order valence-electron chi connectivity index (χ1n) is 12.8. The fourth-order valence-corrected chi connectivity index (χ4v) is 4.12. The molecule has 3 aromatic rings. The zero-order valence-corrected chi connectivity index (χ0v) is 22.6. The van der Waals surface area contributed by atoms with Crippen molar-refractivity contribution < 1.29 is 48.4 Å². The molecule has 3 atom stereocenters. The molecule has 42 heavy (non-hydrogen) atoms. The lowest BCUT2D eigenvalue weighted by molar-refractivity contribution is -0.166. The fourth-order valence-electron chi connectivity index (χ4n) is 4.12. The standard InChI is InChI=1S/C18H14O8.C13H16FNO/c19-15(20)13(25-17(23)11-7-3-1-4-8-11)14(16(21)22)26-18(24)12-9-5-2-6-10-12;1-15-7-6-13(11(8-15)9-16)10-2-4-12(14)5-3-10/h1-10,13-14H,(H,19,20)(H,21,22);2-6,11,16H,7-9H2,1H3. The number of aliphatic carboxylic acids is 2. The highest BCUT2D eigenvalue weighted by Crippen LogP contribution is 2.27. The summed E-state index contributed by atoms with van der Waals surface area (Å²) in [6, 6.07) is 21.3. The maximum atomic E-state index is 12.8. The lowest BCUT2D eigenvalue weighted by Gasteiger charge is -2.29. The van der Waals surface area contributed by atoms with Crippen LogP contribution in [0.5, 0.6) is 0 Å². The topological polar surface area (TPSA) is 151 Å². The average Bonchev–Trinajstić information content (AvgIpc) is 3.00. The van der Waals surface area contributed by atoms with Crippen LogP contribution in [0.3, 0.4) is 0 Å². The number of carbonyl (C=O) groups is 4. The van der Waals surface area contributed by atoms with E-state index in [0.29, 0.717) is 0 Å². The van der Waals surface area contributed by atoms with E-state index in [1.165, 1.54) is 60.7 Å². The predicted molar refractivity (Wildman–Crippen MR) is 149 cm³/mol. The summed E-state index contributed by atoms with van der Waals surface area (Å²) in [4.78, 5) is 49.0. The van der Waals surface area contributed by atoms with Gasteiger partial charge < -0.3 is 29.7 Å². The number of hydrogen-bond donors (Lipinski definition) is 3. The van der Waals surface area contributed by atoms with Gasteiger partial charge in [0, 0.05) is 19.0 Å². The van der Waals surface area contributed by atoms with Gasteiger partial charge in [0.15, 0.2) is 0 Å². The molecule has 220 valence electrons. The molecule has 3 unspecified atom stereocenters. The van der Waals surface area contributed by atoms with Crippen LogP contribution in [0.1, 0.15) is 26.3 Å². The number of carboxylic acids is 2. The number of esters is 2. The second-order valence-corrected chi connectivity index (χ2v) is 9.33. The number of benzene rings is 3. The van der Waals surface area contributed by atoms with E-state index in [2.05, 4.69) is 11.0 Å². The molecule has 3 aromatic carbocycles. The molecule has 0 saturated heterocycles. The number of likely N-dealkylation sites (N-methyl/N-ethyl adjacent to an activating group) is 1. The van der Waals surface area contributed by atoms with Crippen molar-refractivity contribution in [3.05, 3.63) is 114 Å². The van der Waals surface area contributed by atoms with Crippen molar-refractivity contribution in [3.8, 4) is 0 Å². The Labute approximate surface area is 241 Å². The lowest BCUT2D eigenvalue weighted by atomic mass is 9.90. The van der Waals surface area contributed by atoms with Gasteiger partial charge in [-0.3, -0.25) is 0 Å². The van der Waals surface area contributed by atoms with Crippen LogP contribution in [-0.4, -0.2) is 83.0 Å². The van der Waals surface area contributed by atoms with Crippen molar-refractivity contribution in [3.63, 3.8) is 0 Å². The van der Waals surface area contributed by atoms with E-state index in [4.69, 9.17) is 9.47 Å². The first-order chi connectivity index (χ1) is 20.1. The molecule has 0 aromatic heterocycles. The highest BCUT2D eigenvalue weighted by atomic mass is 19.1. The third kappa shape index (κ3) is 8.82. The molecule has 0 aliphatic carbocycles. The molecule has 1 aliphatic rings. The van der Waals surface area contributed by atoms with Crippen LogP contribution in [-0.2, 0) is 19.1 Å². The smallest absolute Gasteiger partial charge is 0.349 e. The third-order valence-corrected chi connectivity index (χ3v) is 6.24. The van der Waals surface area contributed by atoms with Crippen molar-refractivity contribution in [1.82, 2.24) is 4.90 Å². The Hall–Kier alpha value is -4.87. The normalized spacial score (nSPS) is 16.1. The highest BCUT2D eigenvalue weighted by molar-refractivity contribution is 5.95. The molecule has 0 saturated carbocycles. The number of carboxylic acid groups (broad SMARTS) is 2. The van der Waals surface area contributed by atoms with Crippen LogP contribution in [0.15, 0.2) is 91.0 Å². The molecular formula is C31H30FNO9. The Morgan fingerprint density at radius 1 is 0.810 bits per heavy atom. The summed E-state index contributed by atoms with van der Waals surface area (Å²) in [5.74, 6) is -5.73. The van der Waals surface area contributed by atoms with E-state index in [9.17, 15) is 38.9 Å². The summed E-state index contributed by atoms with van der Waals surface area (Å²) < 4.78 is 22.3. The third-order valence-electron chi connectivity index (χ3n) is 6.24. The first kappa shape index (κ1) is 31.7. The van der Waals surface area contributed by atoms with Gasteiger partial charge in [-0.05, 0) is 54.6 Å². The van der Waals surface area contributed by atoms with Crippen LogP contribution in [0.2, 0.25) is 0 Å². The van der Waals surface area contributed by atoms with Gasteiger partial charge in [-0.1, -0.05) is 54.6 Å². The molecule has 1 aliphatic heterocycles. The number of aliphatic hydroxyl groups excluding tert-OH is 1. The zero-order valence-electron chi connectivity index (χ0n) is 22.6. The maximum Gasteiger partial charge on any atom is 0.349 e. The van der Waals surface area contributed by atoms with E-state index in [1.54, 1.807) is 24.3 Å². The summed E-state index contributed by atoms with van der Waals surface area (Å²) in [6.45, 7) is 1.86. The minimum absolute atomic E-state index is 0.0253. The number of halogens is 1. The molecule has 1 heterocycles. The van der Waals surface area contributed by atoms with Crippen molar-refractivity contribution >= 4 is 29.5 Å². The average molecular weight is 580 g/mol. The highest BCUT2D eigenvalue weighted by Gasteiger charge is 2.41. The van der Waals surface area contributed by atoms with Crippen LogP contribution < -0.4 is 0 Å². The van der Waals surface area contributed by atoms with Crippen LogP contribution in [0.25, 0.3) is 5.57 Å². The van der Waals surface area contributed by atoms with Gasteiger partial charge in [-0.25, -0.2) is 23.6 Å². The number of nitrogens with zero attached hydrogens (tertiary/aromatic N) is 1. The second kappa shape index (κ2) is 15.2. The summed E-state index contributed by atoms with van der Waals surface area (Å²) in [6.07, 6.45) is -2.32. The number of aliphatic hydroxyl groups is 1. The molecule has 3 N–H and O–H groups in total. The Morgan fingerprint density at radius 2 is 1.26 bits per heavy atom. The van der Waals surface area contributed by atoms with Crippen LogP contribution >= 0.6 is 0 Å². The fraction of sp³-hybridized carbons (Fsp3) is 0.226. The van der Waals surface area contributed by atoms with Crippen molar-refractivity contribution in [2.24, 2.45) is 5.92 Å². The predicted octanol–water partition coefficient (Wildman–Crippen LogP) is 3.37. The minimum Gasteiger partial charge on any atom is -0.478 e. The Balaban J connectivity index is 0.000000258. The Kier molecular flexibility index (Phi) is 11.5. The molecule has 0 spiro atoms. The van der Waals surface area contributed by atoms with Gasteiger partial charge in [-0.15, -0.1) is 0 Å². The second-order valence-electron chi connectivity index (χ2n) is 9.33.